The number of nitrogens with one attached hydrogen (secondary N) is 1. The third-order valence-corrected chi connectivity index (χ3v) is 3.63. The van der Waals surface area contributed by atoms with E-state index in [0.29, 0.717) is 43.0 Å². The van der Waals surface area contributed by atoms with E-state index in [0.717, 1.165) is 17.5 Å². The number of aromatic nitrogens is 1. The van der Waals surface area contributed by atoms with E-state index >= 15 is 0 Å². The van der Waals surface area contributed by atoms with Crippen molar-refractivity contribution in [2.75, 3.05) is 20.8 Å². The third kappa shape index (κ3) is 7.12. The largest absolute Gasteiger partial charge is 0.493 e. The molecule has 0 saturated heterocycles. The molecule has 0 radical (unpaired) electrons. The molecule has 0 saturated carbocycles. The molecule has 27 heavy (non-hydrogen) atoms. The van der Waals surface area contributed by atoms with Gasteiger partial charge in [0.2, 0.25) is 5.88 Å². The van der Waals surface area contributed by atoms with Crippen LogP contribution in [0.25, 0.3) is 0 Å². The van der Waals surface area contributed by atoms with Gasteiger partial charge in [-0.05, 0) is 30.2 Å². The Labute approximate surface area is 177 Å². The smallest absolute Gasteiger partial charge is 0.218 e. The Morgan fingerprint density at radius 2 is 1.96 bits per heavy atom. The first kappa shape index (κ1) is 22.8. The summed E-state index contributed by atoms with van der Waals surface area (Å²) in [5.74, 6) is 2.32. The third-order valence-electron chi connectivity index (χ3n) is 3.63. The molecule has 0 aliphatic heterocycles. The molecular formula is C19H27IN4O3. The van der Waals surface area contributed by atoms with E-state index in [1.54, 1.807) is 20.4 Å². The van der Waals surface area contributed by atoms with E-state index in [1.807, 2.05) is 30.3 Å². The van der Waals surface area contributed by atoms with Crippen LogP contribution in [0.15, 0.2) is 41.5 Å². The number of hydrogen-bond acceptors (Lipinski definition) is 5. The number of hydrogen-bond donors (Lipinski definition) is 2. The second-order valence-corrected chi connectivity index (χ2v) is 5.56. The van der Waals surface area contributed by atoms with Crippen molar-refractivity contribution in [1.82, 2.24) is 10.3 Å². The van der Waals surface area contributed by atoms with E-state index in [4.69, 9.17) is 19.9 Å². The standard InChI is InChI=1S/C19H26N4O3.HI/c1-4-10-26-18-15(6-5-9-21-18)13-23-19(20)22-12-14-7-8-16(24-2)17(11-14)25-3;/h5-9,11H,4,10,12-13H2,1-3H3,(H3,20,22,23);1H. The zero-order valence-corrected chi connectivity index (χ0v) is 18.2. The lowest BCUT2D eigenvalue weighted by Crippen LogP contribution is -2.31. The van der Waals surface area contributed by atoms with Gasteiger partial charge in [0.15, 0.2) is 17.5 Å². The lowest BCUT2D eigenvalue weighted by atomic mass is 10.2. The van der Waals surface area contributed by atoms with Gasteiger partial charge in [0, 0.05) is 18.3 Å². The van der Waals surface area contributed by atoms with Gasteiger partial charge >= 0.3 is 0 Å². The molecule has 0 aliphatic rings. The Balaban J connectivity index is 0.00000364. The van der Waals surface area contributed by atoms with Crippen LogP contribution < -0.4 is 25.3 Å². The normalized spacial score (nSPS) is 10.7. The number of nitrogens with zero attached hydrogens (tertiary/aromatic N) is 2. The number of guanidine groups is 1. The van der Waals surface area contributed by atoms with Crippen LogP contribution >= 0.6 is 24.0 Å². The minimum Gasteiger partial charge on any atom is -0.493 e. The predicted octanol–water partition coefficient (Wildman–Crippen LogP) is 3.11. The van der Waals surface area contributed by atoms with Gasteiger partial charge in [0.25, 0.3) is 0 Å². The first-order valence-corrected chi connectivity index (χ1v) is 8.49. The number of rotatable bonds is 9. The fourth-order valence-corrected chi connectivity index (χ4v) is 2.28. The number of nitrogens with two attached hydrogens (primary N) is 1. The lowest BCUT2D eigenvalue weighted by Gasteiger charge is -2.11. The Morgan fingerprint density at radius 3 is 2.67 bits per heavy atom. The summed E-state index contributed by atoms with van der Waals surface area (Å²) in [5, 5.41) is 3.09. The van der Waals surface area contributed by atoms with Crippen LogP contribution in [-0.2, 0) is 13.1 Å². The van der Waals surface area contributed by atoms with Gasteiger partial charge in [-0.15, -0.1) is 24.0 Å². The second-order valence-electron chi connectivity index (χ2n) is 5.56. The van der Waals surface area contributed by atoms with Crippen LogP contribution in [0.5, 0.6) is 17.4 Å². The summed E-state index contributed by atoms with van der Waals surface area (Å²) in [5.41, 5.74) is 7.88. The minimum absolute atomic E-state index is 0. The highest BCUT2D eigenvalue weighted by molar-refractivity contribution is 14.0. The Morgan fingerprint density at radius 1 is 1.19 bits per heavy atom. The van der Waals surface area contributed by atoms with Crippen molar-refractivity contribution in [1.29, 1.82) is 0 Å². The topological polar surface area (TPSA) is 91.0 Å². The van der Waals surface area contributed by atoms with Crippen molar-refractivity contribution in [3.05, 3.63) is 47.7 Å². The van der Waals surface area contributed by atoms with Crippen molar-refractivity contribution in [2.45, 2.75) is 26.4 Å². The summed E-state index contributed by atoms with van der Waals surface area (Å²) in [7, 11) is 3.21. The van der Waals surface area contributed by atoms with Crippen LogP contribution in [0.4, 0.5) is 0 Å². The first-order chi connectivity index (χ1) is 12.7. The molecule has 0 unspecified atom stereocenters. The summed E-state index contributed by atoms with van der Waals surface area (Å²) in [6, 6.07) is 9.48. The van der Waals surface area contributed by atoms with Crippen LogP contribution in [-0.4, -0.2) is 31.8 Å². The molecule has 2 aromatic rings. The SMILES string of the molecule is CCCOc1ncccc1CNC(N)=NCc1ccc(OC)c(OC)c1.I. The number of halogens is 1. The highest BCUT2D eigenvalue weighted by Gasteiger charge is 2.06. The zero-order valence-electron chi connectivity index (χ0n) is 15.9. The molecule has 0 bridgehead atoms. The van der Waals surface area contributed by atoms with E-state index < -0.39 is 0 Å². The molecule has 0 fully saturated rings. The maximum Gasteiger partial charge on any atom is 0.218 e. The minimum atomic E-state index is 0. The highest BCUT2D eigenvalue weighted by Crippen LogP contribution is 2.27. The van der Waals surface area contributed by atoms with Gasteiger partial charge in [-0.2, -0.15) is 0 Å². The Hall–Kier alpha value is -2.23. The number of pyridine rings is 1. The van der Waals surface area contributed by atoms with Gasteiger partial charge in [-0.3, -0.25) is 0 Å². The molecule has 0 atom stereocenters. The molecule has 1 heterocycles. The predicted molar refractivity (Wildman–Crippen MR) is 117 cm³/mol. The van der Waals surface area contributed by atoms with Crippen molar-refractivity contribution in [3.63, 3.8) is 0 Å². The van der Waals surface area contributed by atoms with E-state index in [1.165, 1.54) is 0 Å². The summed E-state index contributed by atoms with van der Waals surface area (Å²) >= 11 is 0. The molecule has 8 heteroatoms. The zero-order chi connectivity index (χ0) is 18.8. The van der Waals surface area contributed by atoms with Crippen molar-refractivity contribution < 1.29 is 14.2 Å². The lowest BCUT2D eigenvalue weighted by molar-refractivity contribution is 0.301. The fraction of sp³-hybridized carbons (Fsp3) is 0.368. The van der Waals surface area contributed by atoms with Crippen molar-refractivity contribution in [2.24, 2.45) is 10.7 Å². The Bertz CT molecular complexity index is 741. The maximum atomic E-state index is 5.97. The number of methoxy groups -OCH3 is 2. The number of ether oxygens (including phenoxy) is 3. The van der Waals surface area contributed by atoms with Gasteiger partial charge < -0.3 is 25.3 Å². The highest BCUT2D eigenvalue weighted by atomic mass is 127. The van der Waals surface area contributed by atoms with Crippen LogP contribution in [0.3, 0.4) is 0 Å². The van der Waals surface area contributed by atoms with Gasteiger partial charge in [-0.1, -0.05) is 19.1 Å². The first-order valence-electron chi connectivity index (χ1n) is 8.49. The van der Waals surface area contributed by atoms with Crippen LogP contribution in [0.1, 0.15) is 24.5 Å². The fourth-order valence-electron chi connectivity index (χ4n) is 2.28. The summed E-state index contributed by atoms with van der Waals surface area (Å²) in [6.45, 7) is 3.62. The second kappa shape index (κ2) is 12.2. The molecule has 7 nitrogen and oxygen atoms in total. The number of benzene rings is 1. The molecule has 1 aromatic carbocycles. The van der Waals surface area contributed by atoms with Crippen molar-refractivity contribution >= 4 is 29.9 Å². The molecular weight excluding hydrogens is 459 g/mol. The van der Waals surface area contributed by atoms with Crippen LogP contribution in [0, 0.1) is 0 Å². The van der Waals surface area contributed by atoms with Crippen LogP contribution in [0.2, 0.25) is 0 Å². The molecule has 1 aromatic heterocycles. The summed E-state index contributed by atoms with van der Waals surface area (Å²) in [4.78, 5) is 8.61. The van der Waals surface area contributed by atoms with E-state index in [2.05, 4.69) is 22.2 Å². The van der Waals surface area contributed by atoms with E-state index in [-0.39, 0.29) is 24.0 Å². The average Bonchev–Trinajstić information content (AvgIpc) is 2.69. The molecule has 3 N–H and O–H groups in total. The quantitative estimate of drug-likeness (QED) is 0.322. The maximum absolute atomic E-state index is 5.97. The molecule has 0 spiro atoms. The van der Waals surface area contributed by atoms with Crippen molar-refractivity contribution in [3.8, 4) is 17.4 Å². The van der Waals surface area contributed by atoms with E-state index in [9.17, 15) is 0 Å². The monoisotopic (exact) mass is 486 g/mol. The Kier molecular flexibility index (Phi) is 10.3. The van der Waals surface area contributed by atoms with Gasteiger partial charge in [-0.25, -0.2) is 9.98 Å². The van der Waals surface area contributed by atoms with Gasteiger partial charge in [0.05, 0.1) is 27.4 Å². The molecule has 148 valence electrons. The summed E-state index contributed by atoms with van der Waals surface area (Å²) < 4.78 is 16.2. The molecule has 2 rings (SSSR count). The number of aliphatic imine (C=N–C) groups is 1. The summed E-state index contributed by atoms with van der Waals surface area (Å²) in [6.07, 6.45) is 2.64. The molecule has 0 aliphatic carbocycles. The molecule has 0 amide bonds. The van der Waals surface area contributed by atoms with Gasteiger partial charge in [0.1, 0.15) is 0 Å². The average molecular weight is 486 g/mol.